The number of aromatic nitrogens is 2. The van der Waals surface area contributed by atoms with E-state index in [2.05, 4.69) is 57.9 Å². The predicted molar refractivity (Wildman–Crippen MR) is 221 cm³/mol. The van der Waals surface area contributed by atoms with E-state index in [1.807, 2.05) is 25.7 Å². The number of benzene rings is 2. The molecule has 2 aromatic heterocycles. The van der Waals surface area contributed by atoms with Crippen molar-refractivity contribution >= 4 is 41.5 Å². The number of methoxy groups -OCH3 is 1. The van der Waals surface area contributed by atoms with Crippen LogP contribution < -0.4 is 9.64 Å². The molecule has 2 aliphatic rings. The number of amides is 1. The Morgan fingerprint density at radius 3 is 2.23 bits per heavy atom. The molecular formula is C44H56F2N4O5Si. The van der Waals surface area contributed by atoms with Crippen LogP contribution in [0.25, 0.3) is 32.8 Å². The largest absolute Gasteiger partial charge is 0.468 e. The Balaban J connectivity index is 1.55. The van der Waals surface area contributed by atoms with Crippen LogP contribution in [0.15, 0.2) is 30.5 Å². The molecule has 1 N–H and O–H groups in total. The van der Waals surface area contributed by atoms with Crippen LogP contribution in [-0.4, -0.2) is 78.8 Å². The molecule has 2 aliphatic heterocycles. The average molecular weight is 787 g/mol. The fourth-order valence-electron chi connectivity index (χ4n) is 9.27. The molecule has 2 fully saturated rings. The van der Waals surface area contributed by atoms with Gasteiger partial charge in [-0.15, -0.1) is 5.54 Å². The van der Waals surface area contributed by atoms with E-state index in [9.17, 15) is 9.90 Å². The minimum atomic E-state index is -2.29. The molecule has 2 atom stereocenters. The van der Waals surface area contributed by atoms with Crippen LogP contribution in [0, 0.1) is 30.0 Å². The molecule has 6 rings (SSSR count). The number of hydrogen-bond acceptors (Lipinski definition) is 8. The molecular weight excluding hydrogens is 731 g/mol. The summed E-state index contributed by atoms with van der Waals surface area (Å²) in [6.45, 7) is 21.0. The second-order valence-electron chi connectivity index (χ2n) is 17.2. The summed E-state index contributed by atoms with van der Waals surface area (Å²) in [5.41, 5.74) is 5.28. The van der Waals surface area contributed by atoms with Crippen LogP contribution in [0.4, 0.5) is 19.4 Å². The Morgan fingerprint density at radius 1 is 1.02 bits per heavy atom. The third-order valence-corrected chi connectivity index (χ3v) is 18.0. The van der Waals surface area contributed by atoms with Crippen molar-refractivity contribution in [1.82, 2.24) is 14.9 Å². The van der Waals surface area contributed by atoms with Gasteiger partial charge in [-0.1, -0.05) is 53.5 Å². The summed E-state index contributed by atoms with van der Waals surface area (Å²) in [5, 5.41) is 12.3. The van der Waals surface area contributed by atoms with Gasteiger partial charge in [0.25, 0.3) is 0 Å². The summed E-state index contributed by atoms with van der Waals surface area (Å²) in [4.78, 5) is 26.8. The summed E-state index contributed by atoms with van der Waals surface area (Å²) < 4.78 is 50.6. The molecule has 4 heterocycles. The second kappa shape index (κ2) is 15.9. The molecule has 2 saturated heterocycles. The van der Waals surface area contributed by atoms with Gasteiger partial charge in [-0.25, -0.2) is 18.6 Å². The third kappa shape index (κ3) is 7.46. The van der Waals surface area contributed by atoms with Crippen LogP contribution >= 0.6 is 0 Å². The lowest BCUT2D eigenvalue weighted by Crippen LogP contribution is -2.57. The highest BCUT2D eigenvalue weighted by Crippen LogP contribution is 2.44. The van der Waals surface area contributed by atoms with Crippen molar-refractivity contribution in [2.24, 2.45) is 0 Å². The van der Waals surface area contributed by atoms with E-state index in [-0.39, 0.29) is 41.6 Å². The highest BCUT2D eigenvalue weighted by molar-refractivity contribution is 6.90. The van der Waals surface area contributed by atoms with Crippen LogP contribution in [0.2, 0.25) is 16.6 Å². The van der Waals surface area contributed by atoms with Crippen molar-refractivity contribution in [1.29, 1.82) is 0 Å². The number of aryl methyl sites for hydroxylation is 1. The van der Waals surface area contributed by atoms with Gasteiger partial charge >= 0.3 is 6.09 Å². The first-order chi connectivity index (χ1) is 26.4. The van der Waals surface area contributed by atoms with E-state index >= 15 is 8.78 Å². The number of hydrogen-bond donors (Lipinski definition) is 1. The summed E-state index contributed by atoms with van der Waals surface area (Å²) in [6, 6.07) is 6.26. The molecule has 2 bridgehead atoms. The molecule has 12 heteroatoms. The van der Waals surface area contributed by atoms with Crippen LogP contribution in [0.3, 0.4) is 0 Å². The first-order valence-corrected chi connectivity index (χ1v) is 21.9. The Hall–Kier alpha value is -4.31. The first-order valence-electron chi connectivity index (χ1n) is 19.7. The summed E-state index contributed by atoms with van der Waals surface area (Å²) in [7, 11) is -0.777. The highest BCUT2D eigenvalue weighted by Gasteiger charge is 2.45. The number of ether oxygens (including phenoxy) is 3. The number of pyridine rings is 2. The second-order valence-corrected chi connectivity index (χ2v) is 22.8. The maximum Gasteiger partial charge on any atom is 0.410 e. The van der Waals surface area contributed by atoms with E-state index < -0.39 is 31.9 Å². The maximum atomic E-state index is 17.6. The summed E-state index contributed by atoms with van der Waals surface area (Å²) in [6.07, 6.45) is 2.88. The zero-order chi connectivity index (χ0) is 40.9. The van der Waals surface area contributed by atoms with E-state index in [0.717, 1.165) is 12.8 Å². The Kier molecular flexibility index (Phi) is 11.7. The summed E-state index contributed by atoms with van der Waals surface area (Å²) in [5.74, 6) is 3.07. The number of aliphatic hydroxyl groups excluding tert-OH is 1. The van der Waals surface area contributed by atoms with Crippen molar-refractivity contribution < 1.29 is 32.9 Å². The maximum absolute atomic E-state index is 17.6. The average Bonchev–Trinajstić information content (AvgIpc) is 3.39. The fraction of sp³-hybridized carbons (Fsp3) is 0.523. The van der Waals surface area contributed by atoms with E-state index in [1.165, 1.54) is 13.2 Å². The molecule has 0 saturated carbocycles. The quantitative estimate of drug-likeness (QED) is 0.102. The molecule has 300 valence electrons. The molecule has 0 aliphatic carbocycles. The van der Waals surface area contributed by atoms with Crippen LogP contribution in [0.1, 0.15) is 92.0 Å². The zero-order valence-electron chi connectivity index (χ0n) is 34.6. The SMILES string of the molecule is COCOc1cc(-c2ncc3c(N4CC5CCC(C4)N5C(=O)OC(C)(C)C)nc(C)c(CO)c3c2F)c2c(C#C[Si](C(C)C)(C(C)C)C(C)C)c(F)ccc2c1. The van der Waals surface area contributed by atoms with Gasteiger partial charge in [0.15, 0.2) is 12.6 Å². The summed E-state index contributed by atoms with van der Waals surface area (Å²) >= 11 is 0. The number of rotatable bonds is 9. The lowest BCUT2D eigenvalue weighted by atomic mass is 9.94. The number of halogens is 2. The highest BCUT2D eigenvalue weighted by atomic mass is 28.3. The molecule has 1 amide bonds. The third-order valence-electron chi connectivity index (χ3n) is 11.7. The normalized spacial score (nSPS) is 17.4. The van der Waals surface area contributed by atoms with Crippen LogP contribution in [-0.2, 0) is 16.1 Å². The lowest BCUT2D eigenvalue weighted by molar-refractivity contribution is 0.0123. The smallest absolute Gasteiger partial charge is 0.410 e. The lowest BCUT2D eigenvalue weighted by Gasteiger charge is -2.42. The van der Waals surface area contributed by atoms with Gasteiger partial charge in [0.05, 0.1) is 24.3 Å². The van der Waals surface area contributed by atoms with Crippen molar-refractivity contribution in [2.75, 3.05) is 31.9 Å². The van der Waals surface area contributed by atoms with Gasteiger partial charge in [-0.2, -0.15) is 0 Å². The molecule has 2 aromatic carbocycles. The molecule has 0 radical (unpaired) electrons. The molecule has 4 aromatic rings. The van der Waals surface area contributed by atoms with E-state index in [0.29, 0.717) is 74.3 Å². The number of carbonyl (C=O) groups is 1. The number of fused-ring (bicyclic) bond motifs is 4. The van der Waals surface area contributed by atoms with Crippen LogP contribution in [0.5, 0.6) is 5.75 Å². The van der Waals surface area contributed by atoms with Crippen molar-refractivity contribution in [2.45, 2.75) is 123 Å². The van der Waals surface area contributed by atoms with Gasteiger partial charge in [0.1, 0.15) is 36.8 Å². The van der Waals surface area contributed by atoms with E-state index in [4.69, 9.17) is 24.2 Å². The molecule has 9 nitrogen and oxygen atoms in total. The minimum absolute atomic E-state index is 0.0276. The van der Waals surface area contributed by atoms with Crippen molar-refractivity contribution in [3.63, 3.8) is 0 Å². The van der Waals surface area contributed by atoms with E-state index in [1.54, 1.807) is 31.3 Å². The standard InChI is InChI=1S/C44H56F2N4O5Si/c1-25(2)56(26(3)4,27(5)6)17-16-33-37(45)15-12-29-18-32(54-24-53-11)19-34(38(29)33)41-40(46)39-35(20-47-41)42(48-28(7)36(39)23-51)49-21-30-13-14-31(22-49)50(30)43(52)55-44(8,9)10/h12,15,18-20,25-27,30-31,51H,13-14,21-24H2,1-11H3. The van der Waals surface area contributed by atoms with Crippen molar-refractivity contribution in [3.8, 4) is 28.5 Å². The first kappa shape index (κ1) is 41.3. The van der Waals surface area contributed by atoms with Crippen molar-refractivity contribution in [3.05, 3.63) is 58.9 Å². The molecule has 0 spiro atoms. The van der Waals surface area contributed by atoms with Gasteiger partial charge in [-0.05, 0) is 80.7 Å². The Labute approximate surface area is 330 Å². The number of piperazine rings is 1. The number of nitrogens with zero attached hydrogens (tertiary/aromatic N) is 4. The monoisotopic (exact) mass is 786 g/mol. The predicted octanol–water partition coefficient (Wildman–Crippen LogP) is 9.67. The topological polar surface area (TPSA) is 97.3 Å². The Morgan fingerprint density at radius 2 is 1.66 bits per heavy atom. The molecule has 56 heavy (non-hydrogen) atoms. The number of anilines is 1. The molecule has 2 unspecified atom stereocenters. The van der Waals surface area contributed by atoms with Gasteiger partial charge in [0.2, 0.25) is 0 Å². The van der Waals surface area contributed by atoms with Gasteiger partial charge < -0.3 is 24.2 Å². The Bertz CT molecular complexity index is 2170. The number of carbonyl (C=O) groups excluding carboxylic acids is 1. The van der Waals surface area contributed by atoms with Gasteiger partial charge in [0, 0.05) is 59.4 Å². The van der Waals surface area contributed by atoms with Gasteiger partial charge in [-0.3, -0.25) is 9.88 Å². The number of aliphatic hydroxyl groups is 1. The fourth-order valence-corrected chi connectivity index (χ4v) is 14.5. The minimum Gasteiger partial charge on any atom is -0.468 e. The zero-order valence-corrected chi connectivity index (χ0v) is 35.6.